The fraction of sp³-hybridized carbons (Fsp3) is 0.0833. The van der Waals surface area contributed by atoms with Gasteiger partial charge in [0.2, 0.25) is 0 Å². The Balaban J connectivity index is 2.60. The lowest BCUT2D eigenvalue weighted by Crippen LogP contribution is -2.25. The molecule has 68 valence electrons. The van der Waals surface area contributed by atoms with Gasteiger partial charge in [-0.1, -0.05) is 18.2 Å². The molecule has 0 fully saturated rings. The molecule has 0 amide bonds. The van der Waals surface area contributed by atoms with Crippen LogP contribution in [0.2, 0.25) is 0 Å². The van der Waals surface area contributed by atoms with Crippen LogP contribution in [0, 0.1) is 0 Å². The number of hydrogen-bond donors (Lipinski definition) is 0. The predicted molar refractivity (Wildman–Crippen MR) is 54.0 cm³/mol. The van der Waals surface area contributed by atoms with E-state index in [0.717, 1.165) is 21.6 Å². The number of rotatable bonds is 0. The minimum Gasteiger partial charge on any atom is -0.456 e. The first kappa shape index (κ1) is 7.56. The number of para-hydroxylation sites is 1. The molecule has 1 heterocycles. The van der Waals surface area contributed by atoms with Gasteiger partial charge in [0.1, 0.15) is 11.0 Å². The van der Waals surface area contributed by atoms with Crippen LogP contribution >= 0.6 is 0 Å². The number of fused-ring (bicyclic) bond motifs is 3. The quantitative estimate of drug-likeness (QED) is 0.610. The van der Waals surface area contributed by atoms with Crippen molar-refractivity contribution in [1.29, 1.82) is 0 Å². The first-order chi connectivity index (χ1) is 6.84. The van der Waals surface area contributed by atoms with E-state index >= 15 is 0 Å². The highest BCUT2D eigenvalue weighted by atomic mass is 16.3. The Labute approximate surface area is 80.1 Å². The SMILES string of the molecule is O=C1C=c2c(oc3ccccc23)=CC1. The van der Waals surface area contributed by atoms with E-state index in [0.29, 0.717) is 6.42 Å². The number of hydrogen-bond acceptors (Lipinski definition) is 2. The summed E-state index contributed by atoms with van der Waals surface area (Å²) in [6.45, 7) is 0. The van der Waals surface area contributed by atoms with Crippen LogP contribution in [0.3, 0.4) is 0 Å². The number of carbonyl (C=O) groups excluding carboxylic acids is 1. The van der Waals surface area contributed by atoms with E-state index in [2.05, 4.69) is 0 Å². The lowest BCUT2D eigenvalue weighted by molar-refractivity contribution is -0.112. The van der Waals surface area contributed by atoms with Gasteiger partial charge in [0.25, 0.3) is 0 Å². The lowest BCUT2D eigenvalue weighted by atomic mass is 10.1. The van der Waals surface area contributed by atoms with Crippen molar-refractivity contribution in [2.75, 3.05) is 0 Å². The maximum Gasteiger partial charge on any atom is 0.160 e. The van der Waals surface area contributed by atoms with Crippen molar-refractivity contribution in [3.8, 4) is 0 Å². The highest BCUT2D eigenvalue weighted by molar-refractivity contribution is 6.10. The summed E-state index contributed by atoms with van der Waals surface area (Å²) in [7, 11) is 0. The minimum absolute atomic E-state index is 0.143. The predicted octanol–water partition coefficient (Wildman–Crippen LogP) is 0.967. The summed E-state index contributed by atoms with van der Waals surface area (Å²) >= 11 is 0. The molecule has 3 rings (SSSR count). The van der Waals surface area contributed by atoms with Gasteiger partial charge in [0.15, 0.2) is 5.78 Å². The minimum atomic E-state index is 0.143. The monoisotopic (exact) mass is 184 g/mol. The zero-order chi connectivity index (χ0) is 9.54. The summed E-state index contributed by atoms with van der Waals surface area (Å²) in [5.41, 5.74) is 1.67. The van der Waals surface area contributed by atoms with E-state index in [4.69, 9.17) is 4.42 Å². The lowest BCUT2D eigenvalue weighted by Gasteiger charge is -1.91. The molecule has 1 aliphatic rings. The van der Waals surface area contributed by atoms with Gasteiger partial charge < -0.3 is 4.42 Å². The Morgan fingerprint density at radius 2 is 2.07 bits per heavy atom. The molecule has 0 saturated heterocycles. The first-order valence-corrected chi connectivity index (χ1v) is 4.57. The second-order valence-corrected chi connectivity index (χ2v) is 3.40. The van der Waals surface area contributed by atoms with Crippen molar-refractivity contribution in [3.63, 3.8) is 0 Å². The number of benzene rings is 1. The van der Waals surface area contributed by atoms with Crippen molar-refractivity contribution in [3.05, 3.63) is 34.9 Å². The molecule has 0 spiro atoms. The first-order valence-electron chi connectivity index (χ1n) is 4.57. The van der Waals surface area contributed by atoms with E-state index in [1.165, 1.54) is 0 Å². The second kappa shape index (κ2) is 2.58. The molecule has 14 heavy (non-hydrogen) atoms. The van der Waals surface area contributed by atoms with Gasteiger partial charge in [0, 0.05) is 17.0 Å². The van der Waals surface area contributed by atoms with Crippen LogP contribution in [0.5, 0.6) is 0 Å². The van der Waals surface area contributed by atoms with Crippen molar-refractivity contribution in [2.24, 2.45) is 0 Å². The number of Topliss-reactive ketones (excluding diaryl/α,β-unsaturated/α-hetero) is 1. The molecule has 0 saturated carbocycles. The van der Waals surface area contributed by atoms with Crippen molar-refractivity contribution in [1.82, 2.24) is 0 Å². The molecule has 2 nitrogen and oxygen atoms in total. The molecule has 1 aromatic heterocycles. The third-order valence-corrected chi connectivity index (χ3v) is 2.46. The highest BCUT2D eigenvalue weighted by Crippen LogP contribution is 2.08. The molecule has 0 radical (unpaired) electrons. The van der Waals surface area contributed by atoms with Gasteiger partial charge in [-0.05, 0) is 18.2 Å². The molecule has 0 aliphatic heterocycles. The van der Waals surface area contributed by atoms with E-state index in [9.17, 15) is 4.79 Å². The maximum atomic E-state index is 11.2. The van der Waals surface area contributed by atoms with Crippen LogP contribution in [0.1, 0.15) is 6.42 Å². The highest BCUT2D eigenvalue weighted by Gasteiger charge is 2.07. The summed E-state index contributed by atoms with van der Waals surface area (Å²) in [6.07, 6.45) is 3.96. The fourth-order valence-corrected chi connectivity index (χ4v) is 1.80. The standard InChI is InChI=1S/C12H8O2/c13-8-5-6-12-10(7-8)9-3-1-2-4-11(9)14-12/h1-4,6-7H,5H2. The summed E-state index contributed by atoms with van der Waals surface area (Å²) in [5.74, 6) is 0.143. The van der Waals surface area contributed by atoms with Crippen molar-refractivity contribution in [2.45, 2.75) is 6.42 Å². The zero-order valence-electron chi connectivity index (χ0n) is 7.49. The second-order valence-electron chi connectivity index (χ2n) is 3.40. The molecule has 1 aromatic carbocycles. The Kier molecular flexibility index (Phi) is 1.39. The van der Waals surface area contributed by atoms with Crippen LogP contribution < -0.4 is 10.6 Å². The van der Waals surface area contributed by atoms with Gasteiger partial charge in [-0.15, -0.1) is 0 Å². The van der Waals surface area contributed by atoms with E-state index in [1.807, 2.05) is 30.3 Å². The van der Waals surface area contributed by atoms with E-state index < -0.39 is 0 Å². The molecular weight excluding hydrogens is 176 g/mol. The molecule has 0 unspecified atom stereocenters. The van der Waals surface area contributed by atoms with E-state index in [-0.39, 0.29) is 5.78 Å². The van der Waals surface area contributed by atoms with Gasteiger partial charge >= 0.3 is 0 Å². The average molecular weight is 184 g/mol. The third kappa shape index (κ3) is 0.940. The Morgan fingerprint density at radius 1 is 1.21 bits per heavy atom. The van der Waals surface area contributed by atoms with Gasteiger partial charge in [-0.3, -0.25) is 4.79 Å². The Morgan fingerprint density at radius 3 is 3.00 bits per heavy atom. The normalized spacial score (nSPS) is 14.7. The van der Waals surface area contributed by atoms with Crippen LogP contribution in [0.25, 0.3) is 23.1 Å². The molecule has 2 aromatic rings. The topological polar surface area (TPSA) is 30.2 Å². The van der Waals surface area contributed by atoms with Crippen LogP contribution in [0.4, 0.5) is 0 Å². The molecular formula is C12H8O2. The van der Waals surface area contributed by atoms with Crippen LogP contribution in [0.15, 0.2) is 28.7 Å². The molecule has 0 bridgehead atoms. The maximum absolute atomic E-state index is 11.2. The average Bonchev–Trinajstić information content (AvgIpc) is 2.56. The fourth-order valence-electron chi connectivity index (χ4n) is 1.80. The summed E-state index contributed by atoms with van der Waals surface area (Å²) in [5, 5.41) is 1.95. The van der Waals surface area contributed by atoms with Crippen LogP contribution in [-0.4, -0.2) is 5.78 Å². The number of furan rings is 1. The Hall–Kier alpha value is -1.83. The summed E-state index contributed by atoms with van der Waals surface area (Å²) in [4.78, 5) is 11.2. The molecule has 0 atom stereocenters. The zero-order valence-corrected chi connectivity index (χ0v) is 7.49. The van der Waals surface area contributed by atoms with Gasteiger partial charge in [-0.25, -0.2) is 0 Å². The van der Waals surface area contributed by atoms with Gasteiger partial charge in [0.05, 0.1) is 0 Å². The largest absolute Gasteiger partial charge is 0.456 e. The Bertz CT molecular complexity index is 632. The van der Waals surface area contributed by atoms with Crippen molar-refractivity contribution >= 4 is 28.9 Å². The molecule has 2 heteroatoms. The summed E-state index contributed by atoms with van der Waals surface area (Å²) in [6, 6.07) is 7.77. The summed E-state index contributed by atoms with van der Waals surface area (Å²) < 4.78 is 5.60. The van der Waals surface area contributed by atoms with Crippen molar-refractivity contribution < 1.29 is 9.21 Å². The number of carbonyl (C=O) groups is 1. The smallest absolute Gasteiger partial charge is 0.160 e. The molecule has 1 aliphatic carbocycles. The number of ketones is 1. The molecule has 0 N–H and O–H groups in total. The van der Waals surface area contributed by atoms with Gasteiger partial charge in [-0.2, -0.15) is 0 Å². The van der Waals surface area contributed by atoms with E-state index in [1.54, 1.807) is 6.08 Å². The third-order valence-electron chi connectivity index (χ3n) is 2.46. The van der Waals surface area contributed by atoms with Crippen LogP contribution in [-0.2, 0) is 4.79 Å².